The first-order valence-electron chi connectivity index (χ1n) is 4.03. The Hall–Kier alpha value is -1.95. The summed E-state index contributed by atoms with van der Waals surface area (Å²) in [6.45, 7) is 0. The number of phenolic OH excluding ortho intramolecular Hbond substituents is 1. The SMILES string of the molecule is COc1cc(OC)c(O)c(C(=O)NO)c1. The predicted octanol–water partition coefficient (Wildman–Crippen LogP) is 0.528. The number of carbonyl (C=O) groups is 1. The summed E-state index contributed by atoms with van der Waals surface area (Å²) in [5, 5.41) is 18.0. The zero-order valence-electron chi connectivity index (χ0n) is 8.27. The van der Waals surface area contributed by atoms with Crippen LogP contribution in [-0.2, 0) is 0 Å². The molecule has 0 heterocycles. The highest BCUT2D eigenvalue weighted by atomic mass is 16.5. The Morgan fingerprint density at radius 2 is 2.00 bits per heavy atom. The molecule has 0 aliphatic rings. The number of hydroxylamine groups is 1. The summed E-state index contributed by atoms with van der Waals surface area (Å²) in [6, 6.07) is 2.70. The van der Waals surface area contributed by atoms with Gasteiger partial charge in [-0.3, -0.25) is 10.0 Å². The highest BCUT2D eigenvalue weighted by Gasteiger charge is 2.16. The van der Waals surface area contributed by atoms with E-state index in [1.54, 1.807) is 0 Å². The van der Waals surface area contributed by atoms with E-state index in [9.17, 15) is 9.90 Å². The number of ether oxygens (including phenoxy) is 2. The van der Waals surface area contributed by atoms with E-state index in [0.717, 1.165) is 0 Å². The van der Waals surface area contributed by atoms with Gasteiger partial charge in [-0.15, -0.1) is 0 Å². The lowest BCUT2D eigenvalue weighted by molar-refractivity contribution is 0.0702. The van der Waals surface area contributed by atoms with Crippen LogP contribution in [0, 0.1) is 0 Å². The molecule has 0 aliphatic heterocycles. The molecule has 0 aliphatic carbocycles. The smallest absolute Gasteiger partial charge is 0.278 e. The number of phenols is 1. The number of hydrogen-bond acceptors (Lipinski definition) is 5. The minimum atomic E-state index is -0.843. The highest BCUT2D eigenvalue weighted by Crippen LogP contribution is 2.34. The molecular formula is C9H11NO5. The molecule has 1 amide bonds. The fourth-order valence-electron chi connectivity index (χ4n) is 1.09. The van der Waals surface area contributed by atoms with E-state index >= 15 is 0 Å². The molecule has 0 fully saturated rings. The minimum absolute atomic E-state index is 0.0907. The van der Waals surface area contributed by atoms with E-state index in [0.29, 0.717) is 5.75 Å². The third-order valence-electron chi connectivity index (χ3n) is 1.85. The first kappa shape index (κ1) is 11.1. The molecule has 0 spiro atoms. The van der Waals surface area contributed by atoms with Gasteiger partial charge in [0.15, 0.2) is 11.5 Å². The van der Waals surface area contributed by atoms with E-state index in [1.165, 1.54) is 31.8 Å². The molecule has 82 valence electrons. The van der Waals surface area contributed by atoms with Crippen LogP contribution in [0.3, 0.4) is 0 Å². The van der Waals surface area contributed by atoms with E-state index in [1.807, 2.05) is 0 Å². The summed E-state index contributed by atoms with van der Waals surface area (Å²) in [5.41, 5.74) is 1.28. The van der Waals surface area contributed by atoms with Crippen LogP contribution in [0.1, 0.15) is 10.4 Å². The topological polar surface area (TPSA) is 88.0 Å². The van der Waals surface area contributed by atoms with Crippen molar-refractivity contribution in [3.05, 3.63) is 17.7 Å². The van der Waals surface area contributed by atoms with Crippen molar-refractivity contribution in [2.75, 3.05) is 14.2 Å². The van der Waals surface area contributed by atoms with Crippen molar-refractivity contribution in [3.63, 3.8) is 0 Å². The van der Waals surface area contributed by atoms with Gasteiger partial charge in [-0.25, -0.2) is 5.48 Å². The van der Waals surface area contributed by atoms with Gasteiger partial charge < -0.3 is 14.6 Å². The Morgan fingerprint density at radius 1 is 1.33 bits per heavy atom. The van der Waals surface area contributed by atoms with Crippen molar-refractivity contribution in [1.29, 1.82) is 0 Å². The van der Waals surface area contributed by atoms with Crippen LogP contribution >= 0.6 is 0 Å². The molecule has 1 aromatic rings. The van der Waals surface area contributed by atoms with Crippen LogP contribution in [0.5, 0.6) is 17.2 Å². The molecule has 0 aromatic heterocycles. The molecule has 6 nitrogen and oxygen atoms in total. The molecule has 6 heteroatoms. The normalized spacial score (nSPS) is 9.53. The molecule has 0 unspecified atom stereocenters. The van der Waals surface area contributed by atoms with Crippen molar-refractivity contribution in [3.8, 4) is 17.2 Å². The monoisotopic (exact) mass is 213 g/mol. The Bertz CT molecular complexity index is 377. The van der Waals surface area contributed by atoms with Gasteiger partial charge in [-0.05, 0) is 6.07 Å². The second-order valence-electron chi connectivity index (χ2n) is 2.67. The lowest BCUT2D eigenvalue weighted by Gasteiger charge is -2.09. The number of rotatable bonds is 3. The van der Waals surface area contributed by atoms with Crippen LogP contribution in [-0.4, -0.2) is 30.4 Å². The zero-order chi connectivity index (χ0) is 11.4. The Labute approximate surface area is 86.0 Å². The Morgan fingerprint density at radius 3 is 2.47 bits per heavy atom. The summed E-state index contributed by atoms with van der Waals surface area (Å²) in [6.07, 6.45) is 0. The van der Waals surface area contributed by atoms with Crippen molar-refractivity contribution in [2.24, 2.45) is 0 Å². The summed E-state index contributed by atoms with van der Waals surface area (Å²) in [7, 11) is 2.75. The van der Waals surface area contributed by atoms with Gasteiger partial charge in [0, 0.05) is 6.07 Å². The molecule has 15 heavy (non-hydrogen) atoms. The third kappa shape index (κ3) is 2.10. The number of hydrogen-bond donors (Lipinski definition) is 3. The van der Waals surface area contributed by atoms with E-state index in [4.69, 9.17) is 14.7 Å². The number of nitrogens with one attached hydrogen (secondary N) is 1. The van der Waals surface area contributed by atoms with E-state index in [-0.39, 0.29) is 17.1 Å². The van der Waals surface area contributed by atoms with Gasteiger partial charge in [0.1, 0.15) is 5.75 Å². The molecule has 0 saturated carbocycles. The molecule has 1 aromatic carbocycles. The van der Waals surface area contributed by atoms with Crippen LogP contribution in [0.2, 0.25) is 0 Å². The van der Waals surface area contributed by atoms with Gasteiger partial charge in [0.25, 0.3) is 5.91 Å². The molecule has 0 atom stereocenters. The number of methoxy groups -OCH3 is 2. The van der Waals surface area contributed by atoms with Crippen molar-refractivity contribution < 1.29 is 24.6 Å². The molecule has 3 N–H and O–H groups in total. The third-order valence-corrected chi connectivity index (χ3v) is 1.85. The second-order valence-corrected chi connectivity index (χ2v) is 2.67. The largest absolute Gasteiger partial charge is 0.504 e. The maximum absolute atomic E-state index is 11.1. The average molecular weight is 213 g/mol. The van der Waals surface area contributed by atoms with Crippen LogP contribution in [0.4, 0.5) is 0 Å². The Balaban J connectivity index is 3.30. The average Bonchev–Trinajstić information content (AvgIpc) is 2.28. The number of aromatic hydroxyl groups is 1. The van der Waals surface area contributed by atoms with Crippen molar-refractivity contribution in [2.45, 2.75) is 0 Å². The first-order chi connectivity index (χ1) is 7.13. The maximum atomic E-state index is 11.1. The fourth-order valence-corrected chi connectivity index (χ4v) is 1.09. The summed E-state index contributed by atoms with van der Waals surface area (Å²) >= 11 is 0. The van der Waals surface area contributed by atoms with Crippen LogP contribution in [0.15, 0.2) is 12.1 Å². The lowest BCUT2D eigenvalue weighted by atomic mass is 10.1. The number of benzene rings is 1. The van der Waals surface area contributed by atoms with Gasteiger partial charge in [-0.1, -0.05) is 0 Å². The molecule has 0 bridgehead atoms. The quantitative estimate of drug-likeness (QED) is 0.503. The lowest BCUT2D eigenvalue weighted by Crippen LogP contribution is -2.18. The van der Waals surface area contributed by atoms with E-state index in [2.05, 4.69) is 0 Å². The Kier molecular flexibility index (Phi) is 3.35. The van der Waals surface area contributed by atoms with Gasteiger partial charge >= 0.3 is 0 Å². The molecule has 0 saturated heterocycles. The number of carbonyl (C=O) groups excluding carboxylic acids is 1. The predicted molar refractivity (Wildman–Crippen MR) is 50.5 cm³/mol. The van der Waals surface area contributed by atoms with Gasteiger partial charge in [-0.2, -0.15) is 0 Å². The summed E-state index contributed by atoms with van der Waals surface area (Å²) < 4.78 is 9.73. The summed E-state index contributed by atoms with van der Waals surface area (Å²) in [4.78, 5) is 11.1. The maximum Gasteiger partial charge on any atom is 0.278 e. The molecule has 0 radical (unpaired) electrons. The first-order valence-corrected chi connectivity index (χ1v) is 4.03. The minimum Gasteiger partial charge on any atom is -0.504 e. The summed E-state index contributed by atoms with van der Waals surface area (Å²) in [5.74, 6) is -0.772. The van der Waals surface area contributed by atoms with Crippen molar-refractivity contribution in [1.82, 2.24) is 5.48 Å². The molecule has 1 rings (SSSR count). The second kappa shape index (κ2) is 4.52. The fraction of sp³-hybridized carbons (Fsp3) is 0.222. The standard InChI is InChI=1S/C9H11NO5/c1-14-5-3-6(9(12)10-13)8(11)7(4-5)15-2/h3-4,11,13H,1-2H3,(H,10,12). The van der Waals surface area contributed by atoms with Crippen LogP contribution < -0.4 is 15.0 Å². The van der Waals surface area contributed by atoms with Gasteiger partial charge in [0.05, 0.1) is 19.8 Å². The van der Waals surface area contributed by atoms with Crippen LogP contribution in [0.25, 0.3) is 0 Å². The number of amides is 1. The highest BCUT2D eigenvalue weighted by molar-refractivity contribution is 5.97. The van der Waals surface area contributed by atoms with Crippen molar-refractivity contribution >= 4 is 5.91 Å². The van der Waals surface area contributed by atoms with E-state index < -0.39 is 5.91 Å². The zero-order valence-corrected chi connectivity index (χ0v) is 8.27. The van der Waals surface area contributed by atoms with Gasteiger partial charge in [0.2, 0.25) is 0 Å². The molecular weight excluding hydrogens is 202 g/mol.